The normalized spacial score (nSPS) is 10.3. The molecule has 2 N–H and O–H groups in total. The quantitative estimate of drug-likeness (QED) is 0.496. The fourth-order valence-electron chi connectivity index (χ4n) is 2.04. The molecule has 0 saturated carbocycles. The number of rotatable bonds is 6. The molecule has 0 radical (unpaired) electrons. The van der Waals surface area contributed by atoms with Crippen LogP contribution >= 0.6 is 12.4 Å². The summed E-state index contributed by atoms with van der Waals surface area (Å²) in [6.07, 6.45) is 1.67. The number of hydrazone groups is 1. The van der Waals surface area contributed by atoms with Gasteiger partial charge in [0.15, 0.2) is 0 Å². The Kier molecular flexibility index (Phi) is 7.01. The molecule has 140 valence electrons. The third-order valence-corrected chi connectivity index (χ3v) is 3.30. The molecule has 1 heterocycles. The predicted octanol–water partition coefficient (Wildman–Crippen LogP) is 3.69. The summed E-state index contributed by atoms with van der Waals surface area (Å²) in [5.41, 5.74) is 4.42. The molecule has 0 unspecified atom stereocenters. The number of nitrogens with one attached hydrogen (secondary N) is 2. The smallest absolute Gasteiger partial charge is 0.250 e. The van der Waals surface area contributed by atoms with E-state index in [-0.39, 0.29) is 18.2 Å². The van der Waals surface area contributed by atoms with Crippen LogP contribution in [0.25, 0.3) is 0 Å². The highest BCUT2D eigenvalue weighted by molar-refractivity contribution is 5.85. The number of halogens is 2. The van der Waals surface area contributed by atoms with Gasteiger partial charge in [0.05, 0.1) is 6.21 Å². The largest absolute Gasteiger partial charge is 0.347 e. The Morgan fingerprint density at radius 3 is 2.26 bits per heavy atom. The molecular weight excluding hydrogens is 369 g/mol. The average molecular weight is 388 g/mol. The molecule has 0 spiro atoms. The first-order chi connectivity index (χ1) is 12.6. The van der Waals surface area contributed by atoms with Crippen molar-refractivity contribution in [2.45, 2.75) is 0 Å². The lowest BCUT2D eigenvalue weighted by Gasteiger charge is -2.13. The van der Waals surface area contributed by atoms with Gasteiger partial charge >= 0.3 is 0 Å². The minimum atomic E-state index is -0.308. The van der Waals surface area contributed by atoms with Crippen LogP contribution in [0.15, 0.2) is 59.7 Å². The molecule has 0 atom stereocenters. The van der Waals surface area contributed by atoms with Crippen LogP contribution in [-0.2, 0) is 0 Å². The Morgan fingerprint density at radius 2 is 1.59 bits per heavy atom. The number of aromatic nitrogens is 3. The van der Waals surface area contributed by atoms with Crippen molar-refractivity contribution < 1.29 is 4.39 Å². The first-order valence-corrected chi connectivity index (χ1v) is 7.90. The molecule has 9 heteroatoms. The predicted molar refractivity (Wildman–Crippen MR) is 109 cm³/mol. The van der Waals surface area contributed by atoms with Gasteiger partial charge in [-0.3, -0.25) is 0 Å². The third kappa shape index (κ3) is 5.89. The number of benzene rings is 2. The van der Waals surface area contributed by atoms with E-state index in [1.54, 1.807) is 23.2 Å². The van der Waals surface area contributed by atoms with E-state index in [1.807, 2.05) is 44.4 Å². The lowest BCUT2D eigenvalue weighted by atomic mass is 10.2. The average Bonchev–Trinajstić information content (AvgIpc) is 2.64. The van der Waals surface area contributed by atoms with Gasteiger partial charge in [-0.05, 0) is 29.8 Å². The second-order valence-corrected chi connectivity index (χ2v) is 5.59. The topological polar surface area (TPSA) is 78.3 Å². The summed E-state index contributed by atoms with van der Waals surface area (Å²) in [5, 5.41) is 7.18. The van der Waals surface area contributed by atoms with Gasteiger partial charge in [-0.15, -0.1) is 12.4 Å². The van der Waals surface area contributed by atoms with Gasteiger partial charge in [-0.25, -0.2) is 9.82 Å². The minimum Gasteiger partial charge on any atom is -0.347 e. The molecule has 0 aliphatic heterocycles. The zero-order valence-electron chi connectivity index (χ0n) is 14.8. The Balaban J connectivity index is 0.00000261. The molecule has 0 aliphatic rings. The monoisotopic (exact) mass is 387 g/mol. The van der Waals surface area contributed by atoms with E-state index in [9.17, 15) is 4.39 Å². The van der Waals surface area contributed by atoms with Crippen LogP contribution in [-0.4, -0.2) is 35.3 Å². The van der Waals surface area contributed by atoms with E-state index < -0.39 is 0 Å². The molecule has 0 saturated heterocycles. The van der Waals surface area contributed by atoms with Crippen molar-refractivity contribution in [1.29, 1.82) is 0 Å². The van der Waals surface area contributed by atoms with Crippen molar-refractivity contribution in [1.82, 2.24) is 15.0 Å². The molecule has 0 bridgehead atoms. The van der Waals surface area contributed by atoms with E-state index in [0.29, 0.717) is 23.5 Å². The summed E-state index contributed by atoms with van der Waals surface area (Å²) in [6.45, 7) is 0. The summed E-state index contributed by atoms with van der Waals surface area (Å²) >= 11 is 0. The van der Waals surface area contributed by atoms with Crippen molar-refractivity contribution >= 4 is 42.2 Å². The van der Waals surface area contributed by atoms with E-state index >= 15 is 0 Å². The van der Waals surface area contributed by atoms with Crippen LogP contribution in [0.4, 0.5) is 27.9 Å². The highest BCUT2D eigenvalue weighted by Crippen LogP contribution is 2.17. The highest BCUT2D eigenvalue weighted by atomic mass is 35.5. The molecule has 3 rings (SSSR count). The van der Waals surface area contributed by atoms with Gasteiger partial charge in [0.2, 0.25) is 17.8 Å². The molecule has 0 fully saturated rings. The van der Waals surface area contributed by atoms with Crippen molar-refractivity contribution in [2.24, 2.45) is 5.10 Å². The van der Waals surface area contributed by atoms with Gasteiger partial charge in [0.1, 0.15) is 5.82 Å². The standard InChI is InChI=1S/C18H18FN7.ClH/c1-26(2)18-23-16(21-15-10-8-14(19)9-11-15)22-17(24-18)25-20-12-13-6-4-3-5-7-13;/h3-12H,1-2H3,(H2,21,22,23,24,25);1H/b20-12+;. The summed E-state index contributed by atoms with van der Waals surface area (Å²) < 4.78 is 13.0. The van der Waals surface area contributed by atoms with Crippen molar-refractivity contribution in [2.75, 3.05) is 29.7 Å². The Morgan fingerprint density at radius 1 is 0.926 bits per heavy atom. The fraction of sp³-hybridized carbons (Fsp3) is 0.111. The van der Waals surface area contributed by atoms with E-state index in [4.69, 9.17) is 0 Å². The fourth-order valence-corrected chi connectivity index (χ4v) is 2.04. The van der Waals surface area contributed by atoms with Gasteiger partial charge < -0.3 is 10.2 Å². The van der Waals surface area contributed by atoms with Crippen molar-refractivity contribution in [3.05, 3.63) is 66.0 Å². The summed E-state index contributed by atoms with van der Waals surface area (Å²) in [7, 11) is 3.65. The van der Waals surface area contributed by atoms with Crippen molar-refractivity contribution in [3.63, 3.8) is 0 Å². The van der Waals surface area contributed by atoms with Crippen LogP contribution in [0.5, 0.6) is 0 Å². The third-order valence-electron chi connectivity index (χ3n) is 3.30. The second kappa shape index (κ2) is 9.44. The Bertz CT molecular complexity index is 886. The lowest BCUT2D eigenvalue weighted by Crippen LogP contribution is -2.15. The lowest BCUT2D eigenvalue weighted by molar-refractivity contribution is 0.628. The molecule has 0 amide bonds. The van der Waals surface area contributed by atoms with Gasteiger partial charge in [-0.1, -0.05) is 30.3 Å². The van der Waals surface area contributed by atoms with E-state index in [1.165, 1.54) is 12.1 Å². The SMILES string of the molecule is CN(C)c1nc(N/N=C/c2ccccc2)nc(Nc2ccc(F)cc2)n1.Cl. The van der Waals surface area contributed by atoms with Crippen LogP contribution in [0, 0.1) is 5.82 Å². The number of nitrogens with zero attached hydrogens (tertiary/aromatic N) is 5. The summed E-state index contributed by atoms with van der Waals surface area (Å²) in [6, 6.07) is 15.6. The summed E-state index contributed by atoms with van der Waals surface area (Å²) in [4.78, 5) is 14.7. The Hall–Kier alpha value is -3.26. The molecule has 27 heavy (non-hydrogen) atoms. The second-order valence-electron chi connectivity index (χ2n) is 5.59. The van der Waals surface area contributed by atoms with Gasteiger partial charge in [-0.2, -0.15) is 20.1 Å². The maximum atomic E-state index is 13.0. The zero-order chi connectivity index (χ0) is 18.4. The molecule has 7 nitrogen and oxygen atoms in total. The summed E-state index contributed by atoms with van der Waals surface area (Å²) in [5.74, 6) is 0.771. The first kappa shape index (κ1) is 20.1. The van der Waals surface area contributed by atoms with Crippen LogP contribution in [0.3, 0.4) is 0 Å². The molecule has 2 aromatic carbocycles. The molecular formula is C18H19ClFN7. The minimum absolute atomic E-state index is 0. The van der Waals surface area contributed by atoms with E-state index in [2.05, 4.69) is 30.8 Å². The molecule has 0 aliphatic carbocycles. The molecule has 3 aromatic rings. The first-order valence-electron chi connectivity index (χ1n) is 7.90. The number of hydrogen-bond acceptors (Lipinski definition) is 7. The maximum absolute atomic E-state index is 13.0. The number of anilines is 4. The van der Waals surface area contributed by atoms with E-state index in [0.717, 1.165) is 5.56 Å². The van der Waals surface area contributed by atoms with Crippen molar-refractivity contribution in [3.8, 4) is 0 Å². The molecule has 1 aromatic heterocycles. The van der Waals surface area contributed by atoms with Crippen LogP contribution in [0.1, 0.15) is 5.56 Å². The van der Waals surface area contributed by atoms with Gasteiger partial charge in [0.25, 0.3) is 0 Å². The van der Waals surface area contributed by atoms with Crippen LogP contribution in [0.2, 0.25) is 0 Å². The maximum Gasteiger partial charge on any atom is 0.250 e. The van der Waals surface area contributed by atoms with Gasteiger partial charge in [0, 0.05) is 19.8 Å². The Labute approximate surface area is 162 Å². The number of hydrogen-bond donors (Lipinski definition) is 2. The van der Waals surface area contributed by atoms with Crippen LogP contribution < -0.4 is 15.6 Å². The highest BCUT2D eigenvalue weighted by Gasteiger charge is 2.08. The zero-order valence-corrected chi connectivity index (χ0v) is 15.6.